The van der Waals surface area contributed by atoms with Gasteiger partial charge in [-0.25, -0.2) is 14.1 Å². The Labute approximate surface area is 292 Å². The molecular weight excluding hydrogens is 654 g/mol. The van der Waals surface area contributed by atoms with Crippen LogP contribution < -0.4 is 0 Å². The predicted octanol–water partition coefficient (Wildman–Crippen LogP) is 8.09. The van der Waals surface area contributed by atoms with E-state index in [-0.39, 0.29) is 5.75 Å². The van der Waals surface area contributed by atoms with Crippen LogP contribution in [0.4, 0.5) is 4.39 Å². The van der Waals surface area contributed by atoms with Crippen LogP contribution in [-0.4, -0.2) is 78.0 Å². The minimum Gasteiger partial charge on any atom is -0.505 e. The Balaban J connectivity index is 1.40. The predicted molar refractivity (Wildman–Crippen MR) is 199 cm³/mol. The third kappa shape index (κ3) is 8.37. The van der Waals surface area contributed by atoms with E-state index in [2.05, 4.69) is 60.9 Å². The zero-order chi connectivity index (χ0) is 34.9. The summed E-state index contributed by atoms with van der Waals surface area (Å²) in [4.78, 5) is 7.83. The lowest BCUT2D eigenvalue weighted by Crippen LogP contribution is -2.36. The van der Waals surface area contributed by atoms with Gasteiger partial charge in [-0.3, -0.25) is 4.90 Å². The molecule has 2 aromatic carbocycles. The van der Waals surface area contributed by atoms with Gasteiger partial charge in [0.05, 0.1) is 16.9 Å². The lowest BCUT2D eigenvalue weighted by Gasteiger charge is -2.30. The third-order valence-electron chi connectivity index (χ3n) is 9.82. The summed E-state index contributed by atoms with van der Waals surface area (Å²) < 4.78 is 37.1. The van der Waals surface area contributed by atoms with Crippen molar-refractivity contribution in [3.63, 3.8) is 0 Å². The summed E-state index contributed by atoms with van der Waals surface area (Å²) in [6, 6.07) is 11.8. The first-order valence-corrected chi connectivity index (χ1v) is 25.3. The molecule has 49 heavy (non-hydrogen) atoms. The van der Waals surface area contributed by atoms with Gasteiger partial charge in [-0.1, -0.05) is 52.3 Å². The molecule has 266 valence electrons. The molecule has 0 saturated carbocycles. The van der Waals surface area contributed by atoms with Gasteiger partial charge < -0.3 is 23.9 Å². The standard InChI is InChI=1S/C37H54FN5O4Si2/c1-8-26-20-35(44)31(38)21-30(26)27-9-10-29-33(19-27)43(25-47-16-18-49(5,6)7)40-36(29)37-39-32-22-41(28-11-13-45-14-12-28)23-34(32)42(37)24-46-15-17-48(2,3)4/h9-10,19-21,28,44H,8,11-18,22-25H2,1-7H3. The number of imidazole rings is 1. The lowest BCUT2D eigenvalue weighted by molar-refractivity contribution is 0.0307. The van der Waals surface area contributed by atoms with Crippen LogP contribution in [0.3, 0.4) is 0 Å². The number of nitrogens with zero attached hydrogens (tertiary/aromatic N) is 5. The van der Waals surface area contributed by atoms with Crippen molar-refractivity contribution in [2.75, 3.05) is 26.4 Å². The number of halogens is 1. The second-order valence-corrected chi connectivity index (χ2v) is 27.3. The van der Waals surface area contributed by atoms with E-state index in [1.165, 1.54) is 17.8 Å². The second kappa shape index (κ2) is 14.8. The smallest absolute Gasteiger partial charge is 0.165 e. The van der Waals surface area contributed by atoms with E-state index >= 15 is 0 Å². The first kappa shape index (κ1) is 35.9. The van der Waals surface area contributed by atoms with Crippen LogP contribution in [0.1, 0.15) is 36.7 Å². The molecule has 1 fully saturated rings. The first-order chi connectivity index (χ1) is 23.3. The Bertz CT molecular complexity index is 1770. The molecule has 0 radical (unpaired) electrons. The molecule has 0 aliphatic carbocycles. The van der Waals surface area contributed by atoms with Crippen molar-refractivity contribution < 1.29 is 23.7 Å². The van der Waals surface area contributed by atoms with Crippen LogP contribution in [0, 0.1) is 5.82 Å². The SMILES string of the molecule is CCc1cc(O)c(F)cc1-c1ccc2c(-c3nc4c(n3COCC[Si](C)(C)C)CN(C3CCOCC3)C4)nn(COCC[Si](C)(C)C)c2c1. The number of aromatic hydroxyl groups is 1. The number of phenols is 1. The van der Waals surface area contributed by atoms with E-state index in [0.717, 1.165) is 103 Å². The van der Waals surface area contributed by atoms with Gasteiger partial charge in [-0.05, 0) is 72.3 Å². The summed E-state index contributed by atoms with van der Waals surface area (Å²) in [7, 11) is -2.53. The van der Waals surface area contributed by atoms with Crippen LogP contribution in [0.25, 0.3) is 33.5 Å². The average molecular weight is 708 g/mol. The van der Waals surface area contributed by atoms with Gasteiger partial charge in [0.2, 0.25) is 0 Å². The fourth-order valence-electron chi connectivity index (χ4n) is 6.74. The van der Waals surface area contributed by atoms with E-state index in [9.17, 15) is 9.50 Å². The minimum atomic E-state index is -1.27. The van der Waals surface area contributed by atoms with E-state index < -0.39 is 22.0 Å². The van der Waals surface area contributed by atoms with Gasteiger partial charge in [0, 0.05) is 67.1 Å². The molecule has 0 spiro atoms. The zero-order valence-corrected chi connectivity index (χ0v) is 32.4. The third-order valence-corrected chi connectivity index (χ3v) is 13.2. The van der Waals surface area contributed by atoms with Crippen molar-refractivity contribution in [2.24, 2.45) is 0 Å². The average Bonchev–Trinajstić information content (AvgIpc) is 3.73. The normalized spacial score (nSPS) is 16.2. The number of aryl methyl sites for hydroxylation is 1. The van der Waals surface area contributed by atoms with Crippen LogP contribution in [-0.2, 0) is 47.2 Å². The molecule has 0 amide bonds. The van der Waals surface area contributed by atoms with Crippen LogP contribution >= 0.6 is 0 Å². The van der Waals surface area contributed by atoms with Gasteiger partial charge in [-0.15, -0.1) is 0 Å². The van der Waals surface area contributed by atoms with E-state index in [0.29, 0.717) is 32.5 Å². The Morgan fingerprint density at radius 1 is 0.939 bits per heavy atom. The quantitative estimate of drug-likeness (QED) is 0.105. The summed E-state index contributed by atoms with van der Waals surface area (Å²) >= 11 is 0. The van der Waals surface area contributed by atoms with Crippen molar-refractivity contribution >= 4 is 27.1 Å². The van der Waals surface area contributed by atoms with Gasteiger partial charge in [0.25, 0.3) is 0 Å². The monoisotopic (exact) mass is 707 g/mol. The molecule has 6 rings (SSSR count). The topological polar surface area (TPSA) is 86.8 Å². The highest BCUT2D eigenvalue weighted by Gasteiger charge is 2.33. The first-order valence-electron chi connectivity index (χ1n) is 17.9. The number of hydrogen-bond donors (Lipinski definition) is 1. The van der Waals surface area contributed by atoms with Crippen LogP contribution in [0.15, 0.2) is 30.3 Å². The number of ether oxygens (including phenoxy) is 3. The number of fused-ring (bicyclic) bond motifs is 2. The Hall–Kier alpha value is -2.88. The Morgan fingerprint density at radius 2 is 1.63 bits per heavy atom. The maximum absolute atomic E-state index is 14.6. The summed E-state index contributed by atoms with van der Waals surface area (Å²) in [6.45, 7) is 21.6. The molecule has 2 aliphatic rings. The Morgan fingerprint density at radius 3 is 2.31 bits per heavy atom. The van der Waals surface area contributed by atoms with Crippen molar-refractivity contribution in [3.05, 3.63) is 53.1 Å². The number of phenolic OH excluding ortho intramolecular Hbond substituents is 1. The van der Waals surface area contributed by atoms with Gasteiger partial charge in [-0.2, -0.15) is 5.10 Å². The second-order valence-electron chi connectivity index (χ2n) is 16.1. The fourth-order valence-corrected chi connectivity index (χ4v) is 8.26. The minimum absolute atomic E-state index is 0.305. The Kier molecular flexibility index (Phi) is 10.8. The highest BCUT2D eigenvalue weighted by molar-refractivity contribution is 6.76. The van der Waals surface area contributed by atoms with E-state index in [1.807, 2.05) is 17.7 Å². The van der Waals surface area contributed by atoms with E-state index in [4.69, 9.17) is 24.3 Å². The largest absolute Gasteiger partial charge is 0.505 e. The molecule has 2 aromatic heterocycles. The highest BCUT2D eigenvalue weighted by atomic mass is 28.3. The summed E-state index contributed by atoms with van der Waals surface area (Å²) in [6.07, 6.45) is 2.75. The molecule has 0 bridgehead atoms. The molecular formula is C37H54FN5O4Si2. The number of rotatable bonds is 14. The van der Waals surface area contributed by atoms with Crippen molar-refractivity contribution in [1.82, 2.24) is 24.2 Å². The maximum atomic E-state index is 14.6. The zero-order valence-electron chi connectivity index (χ0n) is 30.4. The van der Waals surface area contributed by atoms with Crippen molar-refractivity contribution in [3.8, 4) is 28.4 Å². The lowest BCUT2D eigenvalue weighted by atomic mass is 9.96. The molecule has 2 aliphatic heterocycles. The summed E-state index contributed by atoms with van der Waals surface area (Å²) in [5.41, 5.74) is 6.50. The van der Waals surface area contributed by atoms with Crippen molar-refractivity contribution in [1.29, 1.82) is 0 Å². The highest BCUT2D eigenvalue weighted by Crippen LogP contribution is 2.37. The van der Waals surface area contributed by atoms with Crippen molar-refractivity contribution in [2.45, 2.75) is 110 Å². The van der Waals surface area contributed by atoms with E-state index in [1.54, 1.807) is 0 Å². The summed E-state index contributed by atoms with van der Waals surface area (Å²) in [5, 5.41) is 16.2. The molecule has 1 saturated heterocycles. The van der Waals surface area contributed by atoms with Gasteiger partial charge in [0.15, 0.2) is 17.4 Å². The fraction of sp³-hybridized carbons (Fsp3) is 0.568. The number of hydrogen-bond acceptors (Lipinski definition) is 7. The van der Waals surface area contributed by atoms with Crippen LogP contribution in [0.5, 0.6) is 5.75 Å². The molecule has 0 atom stereocenters. The molecule has 4 aromatic rings. The van der Waals surface area contributed by atoms with Gasteiger partial charge >= 0.3 is 0 Å². The molecule has 12 heteroatoms. The number of aromatic nitrogens is 4. The molecule has 1 N–H and O–H groups in total. The summed E-state index contributed by atoms with van der Waals surface area (Å²) in [5.74, 6) is -0.142. The number of benzene rings is 2. The maximum Gasteiger partial charge on any atom is 0.165 e. The molecule has 0 unspecified atom stereocenters. The van der Waals surface area contributed by atoms with Gasteiger partial charge in [0.1, 0.15) is 19.2 Å². The van der Waals surface area contributed by atoms with Crippen LogP contribution in [0.2, 0.25) is 51.4 Å². The molecule has 9 nitrogen and oxygen atoms in total. The molecule has 4 heterocycles.